The van der Waals surface area contributed by atoms with E-state index in [0.29, 0.717) is 37.9 Å². The Kier molecular flexibility index (Phi) is 7.93. The first-order valence-electron chi connectivity index (χ1n) is 10.1. The third-order valence-corrected chi connectivity index (χ3v) is 4.44. The van der Waals surface area contributed by atoms with Crippen LogP contribution in [0, 0.1) is 0 Å². The van der Waals surface area contributed by atoms with Gasteiger partial charge in [-0.2, -0.15) is 0 Å². The molecule has 0 bridgehead atoms. The molecule has 2 saturated heterocycles. The molecule has 2 fully saturated rings. The van der Waals surface area contributed by atoms with Crippen molar-refractivity contribution < 1.29 is 42.4 Å². The van der Waals surface area contributed by atoms with Gasteiger partial charge in [-0.15, -0.1) is 0 Å². The minimum atomic E-state index is -0.738. The smallest absolute Gasteiger partial charge is 0.129 e. The summed E-state index contributed by atoms with van der Waals surface area (Å²) in [6.07, 6.45) is -0.261. The van der Waals surface area contributed by atoms with E-state index in [1.165, 1.54) is 0 Å². The van der Waals surface area contributed by atoms with Crippen LogP contribution < -0.4 is 0 Å². The zero-order valence-corrected chi connectivity index (χ0v) is 16.8. The molecule has 2 atom stereocenters. The van der Waals surface area contributed by atoms with Crippen molar-refractivity contribution in [2.45, 2.75) is 44.7 Å². The number of aliphatic hydroxyl groups excluding tert-OH is 1. The molecule has 0 amide bonds. The molecular weight excluding hydrogens is 396 g/mol. The van der Waals surface area contributed by atoms with Crippen LogP contribution in [0.25, 0.3) is 0 Å². The molecule has 166 valence electrons. The second kappa shape index (κ2) is 11.1. The second-order valence-electron chi connectivity index (χ2n) is 7.36. The quantitative estimate of drug-likeness (QED) is 0.404. The highest BCUT2D eigenvalue weighted by atomic mass is 16.6. The fraction of sp³-hybridized carbons (Fsp3) is 0.619. The third kappa shape index (κ3) is 7.84. The van der Waals surface area contributed by atoms with Crippen molar-refractivity contribution in [3.63, 3.8) is 0 Å². The van der Waals surface area contributed by atoms with Crippen LogP contribution in [0.3, 0.4) is 0 Å². The number of aliphatic hydroxyl groups is 1. The summed E-state index contributed by atoms with van der Waals surface area (Å²) in [6, 6.07) is 7.39. The van der Waals surface area contributed by atoms with Gasteiger partial charge in [-0.25, -0.2) is 0 Å². The zero-order valence-electron chi connectivity index (χ0n) is 16.8. The van der Waals surface area contributed by atoms with Crippen LogP contribution in [0.4, 0.5) is 0 Å². The lowest BCUT2D eigenvalue weighted by Crippen LogP contribution is -2.21. The lowest BCUT2D eigenvalue weighted by atomic mass is 10.4. The summed E-state index contributed by atoms with van der Waals surface area (Å²) in [5.74, 6) is 2.84. The molecule has 2 aliphatic rings. The van der Waals surface area contributed by atoms with Gasteiger partial charge in [0.1, 0.15) is 67.8 Å². The maximum atomic E-state index is 9.99. The van der Waals surface area contributed by atoms with Crippen molar-refractivity contribution in [2.75, 3.05) is 39.6 Å². The molecule has 4 heterocycles. The van der Waals surface area contributed by atoms with E-state index in [4.69, 9.17) is 37.3 Å². The fourth-order valence-corrected chi connectivity index (χ4v) is 2.70. The molecule has 0 aromatic carbocycles. The van der Waals surface area contributed by atoms with E-state index >= 15 is 0 Å². The largest absolute Gasteiger partial charge is 0.461 e. The van der Waals surface area contributed by atoms with Crippen LogP contribution in [0.15, 0.2) is 33.1 Å². The van der Waals surface area contributed by atoms with Gasteiger partial charge in [-0.1, -0.05) is 0 Å². The van der Waals surface area contributed by atoms with Gasteiger partial charge < -0.3 is 42.4 Å². The summed E-state index contributed by atoms with van der Waals surface area (Å²) in [6.45, 7) is 4.38. The van der Waals surface area contributed by atoms with Gasteiger partial charge in [-0.05, 0) is 24.3 Å². The summed E-state index contributed by atoms with van der Waals surface area (Å²) in [7, 11) is 0. The highest BCUT2D eigenvalue weighted by Gasteiger charge is 2.23. The van der Waals surface area contributed by atoms with Crippen molar-refractivity contribution >= 4 is 0 Å². The van der Waals surface area contributed by atoms with Crippen LogP contribution >= 0.6 is 0 Å². The lowest BCUT2D eigenvalue weighted by Gasteiger charge is -2.10. The maximum absolute atomic E-state index is 9.99. The monoisotopic (exact) mass is 424 g/mol. The molecule has 0 radical (unpaired) electrons. The number of ether oxygens (including phenoxy) is 6. The number of rotatable bonds is 16. The molecule has 2 unspecified atom stereocenters. The van der Waals surface area contributed by atoms with Crippen LogP contribution in [0.5, 0.6) is 0 Å². The highest BCUT2D eigenvalue weighted by molar-refractivity contribution is 5.06. The minimum Gasteiger partial charge on any atom is -0.461 e. The molecule has 9 heteroatoms. The molecule has 0 aliphatic carbocycles. The average molecular weight is 424 g/mol. The Morgan fingerprint density at radius 1 is 0.700 bits per heavy atom. The van der Waals surface area contributed by atoms with Gasteiger partial charge in [-0.3, -0.25) is 0 Å². The molecule has 4 rings (SSSR count). The normalized spacial score (nSPS) is 21.1. The SMILES string of the molecule is OC(COCc1ccc(COCC2CO2)o1)COCc1ccc(COCC2CO2)o1. The standard InChI is InChI=1S/C21H28O9/c22-15(5-23-7-16-1-3-18(29-16)9-25-11-20-13-27-20)6-24-8-17-2-4-19(30-17)10-26-12-21-14-28-21/h1-4,15,20-22H,5-14H2. The molecule has 2 aliphatic heterocycles. The molecule has 9 nitrogen and oxygen atoms in total. The predicted molar refractivity (Wildman–Crippen MR) is 102 cm³/mol. The summed E-state index contributed by atoms with van der Waals surface area (Å²) >= 11 is 0. The Morgan fingerprint density at radius 2 is 1.07 bits per heavy atom. The lowest BCUT2D eigenvalue weighted by molar-refractivity contribution is -0.0336. The van der Waals surface area contributed by atoms with Crippen molar-refractivity contribution in [1.82, 2.24) is 0 Å². The van der Waals surface area contributed by atoms with Crippen LogP contribution in [0.2, 0.25) is 0 Å². The Morgan fingerprint density at radius 3 is 1.43 bits per heavy atom. The van der Waals surface area contributed by atoms with Crippen LogP contribution in [-0.2, 0) is 54.8 Å². The van der Waals surface area contributed by atoms with Crippen molar-refractivity contribution in [1.29, 1.82) is 0 Å². The first-order chi connectivity index (χ1) is 14.7. The van der Waals surface area contributed by atoms with Gasteiger partial charge in [0.25, 0.3) is 0 Å². The van der Waals surface area contributed by atoms with Crippen molar-refractivity contribution in [3.05, 3.63) is 47.3 Å². The number of hydrogen-bond donors (Lipinski definition) is 1. The summed E-state index contributed by atoms with van der Waals surface area (Å²) < 4.78 is 43.3. The number of furan rings is 2. The van der Waals surface area contributed by atoms with E-state index in [0.717, 1.165) is 24.7 Å². The highest BCUT2D eigenvalue weighted by Crippen LogP contribution is 2.15. The number of hydrogen-bond acceptors (Lipinski definition) is 9. The van der Waals surface area contributed by atoms with Gasteiger partial charge in [0.2, 0.25) is 0 Å². The topological polar surface area (TPSA) is 108 Å². The Balaban J connectivity index is 1.03. The van der Waals surface area contributed by atoms with E-state index in [1.54, 1.807) is 0 Å². The first-order valence-corrected chi connectivity index (χ1v) is 10.1. The summed E-state index contributed by atoms with van der Waals surface area (Å²) in [4.78, 5) is 0. The molecule has 0 saturated carbocycles. The molecule has 2 aromatic heterocycles. The van der Waals surface area contributed by atoms with Gasteiger partial charge in [0.15, 0.2) is 0 Å². The van der Waals surface area contributed by atoms with E-state index in [1.807, 2.05) is 24.3 Å². The van der Waals surface area contributed by atoms with Crippen LogP contribution in [0.1, 0.15) is 23.0 Å². The molecule has 2 aromatic rings. The van der Waals surface area contributed by atoms with E-state index in [9.17, 15) is 5.11 Å². The maximum Gasteiger partial charge on any atom is 0.129 e. The summed E-state index contributed by atoms with van der Waals surface area (Å²) in [5, 5.41) is 9.99. The third-order valence-electron chi connectivity index (χ3n) is 4.44. The Hall–Kier alpha value is -1.72. The van der Waals surface area contributed by atoms with Gasteiger partial charge in [0, 0.05) is 0 Å². The Bertz CT molecular complexity index is 685. The predicted octanol–water partition coefficient (Wildman–Crippen LogP) is 1.80. The van der Waals surface area contributed by atoms with Crippen LogP contribution in [-0.4, -0.2) is 63.1 Å². The molecular formula is C21H28O9. The van der Waals surface area contributed by atoms with E-state index in [2.05, 4.69) is 0 Å². The molecule has 1 N–H and O–H groups in total. The average Bonchev–Trinajstić information content (AvgIpc) is 3.64. The Labute approximate surface area is 174 Å². The van der Waals surface area contributed by atoms with Crippen molar-refractivity contribution in [2.24, 2.45) is 0 Å². The molecule has 30 heavy (non-hydrogen) atoms. The van der Waals surface area contributed by atoms with Crippen molar-refractivity contribution in [3.8, 4) is 0 Å². The zero-order chi connectivity index (χ0) is 20.6. The first kappa shape index (κ1) is 21.5. The van der Waals surface area contributed by atoms with Gasteiger partial charge >= 0.3 is 0 Å². The minimum absolute atomic E-state index is 0.145. The van der Waals surface area contributed by atoms with E-state index < -0.39 is 6.10 Å². The van der Waals surface area contributed by atoms with E-state index in [-0.39, 0.29) is 38.6 Å². The summed E-state index contributed by atoms with van der Waals surface area (Å²) in [5.41, 5.74) is 0. The number of epoxide rings is 2. The second-order valence-corrected chi connectivity index (χ2v) is 7.36. The van der Waals surface area contributed by atoms with Gasteiger partial charge in [0.05, 0.1) is 39.6 Å². The fourth-order valence-electron chi connectivity index (χ4n) is 2.70. The molecule has 0 spiro atoms.